The van der Waals surface area contributed by atoms with Crippen molar-refractivity contribution >= 4 is 0 Å². The summed E-state index contributed by atoms with van der Waals surface area (Å²) in [7, 11) is 0. The van der Waals surface area contributed by atoms with Crippen molar-refractivity contribution in [3.05, 3.63) is 35.9 Å². The fourth-order valence-corrected chi connectivity index (χ4v) is 2.31. The summed E-state index contributed by atoms with van der Waals surface area (Å²) in [6.07, 6.45) is 2.69. The minimum Gasteiger partial charge on any atom is -0.377 e. The number of nitrogens with zero attached hydrogens (tertiary/aromatic N) is 1. The topological polar surface area (TPSA) is 38.5 Å². The third-order valence-electron chi connectivity index (χ3n) is 3.26. The van der Waals surface area contributed by atoms with Gasteiger partial charge in [-0.3, -0.25) is 4.90 Å². The Bertz CT molecular complexity index is 307. The molecule has 94 valence electrons. The molecule has 0 radical (unpaired) electrons. The summed E-state index contributed by atoms with van der Waals surface area (Å²) in [5.74, 6) is 0. The number of hydrogen-bond acceptors (Lipinski definition) is 3. The van der Waals surface area contributed by atoms with Gasteiger partial charge in [0.05, 0.1) is 12.7 Å². The number of hydrogen-bond donors (Lipinski definition) is 1. The number of rotatable bonds is 5. The van der Waals surface area contributed by atoms with E-state index in [1.54, 1.807) is 0 Å². The van der Waals surface area contributed by atoms with Gasteiger partial charge in [0.15, 0.2) is 0 Å². The van der Waals surface area contributed by atoms with Gasteiger partial charge in [0.1, 0.15) is 0 Å². The van der Waals surface area contributed by atoms with Crippen LogP contribution in [0.2, 0.25) is 0 Å². The third-order valence-corrected chi connectivity index (χ3v) is 3.26. The van der Waals surface area contributed by atoms with Gasteiger partial charge in [0.25, 0.3) is 0 Å². The van der Waals surface area contributed by atoms with Crippen LogP contribution in [0.15, 0.2) is 30.3 Å². The first-order chi connectivity index (χ1) is 8.38. The second kappa shape index (κ2) is 6.74. The van der Waals surface area contributed by atoms with Crippen LogP contribution < -0.4 is 5.73 Å². The molecule has 0 bridgehead atoms. The molecule has 0 atom stereocenters. The number of ether oxygens (including phenoxy) is 1. The van der Waals surface area contributed by atoms with Crippen LogP contribution in [0, 0.1) is 0 Å². The van der Waals surface area contributed by atoms with Gasteiger partial charge >= 0.3 is 0 Å². The van der Waals surface area contributed by atoms with Crippen LogP contribution in [0.5, 0.6) is 0 Å². The lowest BCUT2D eigenvalue weighted by Crippen LogP contribution is -2.37. The normalized spacial score (nSPS) is 18.4. The molecule has 2 rings (SSSR count). The molecule has 1 aromatic rings. The van der Waals surface area contributed by atoms with Crippen molar-refractivity contribution in [3.8, 4) is 0 Å². The average molecular weight is 234 g/mol. The summed E-state index contributed by atoms with van der Waals surface area (Å²) in [5.41, 5.74) is 6.84. The second-order valence-corrected chi connectivity index (χ2v) is 4.62. The van der Waals surface area contributed by atoms with Crippen molar-refractivity contribution in [2.45, 2.75) is 25.5 Å². The third kappa shape index (κ3) is 4.11. The highest BCUT2D eigenvalue weighted by molar-refractivity contribution is 5.14. The van der Waals surface area contributed by atoms with Crippen LogP contribution in [0.4, 0.5) is 0 Å². The molecule has 3 heteroatoms. The Kier molecular flexibility index (Phi) is 4.98. The molecule has 1 aliphatic heterocycles. The minimum absolute atomic E-state index is 0.422. The molecular formula is C14H22N2O. The number of likely N-dealkylation sites (tertiary alicyclic amines) is 1. The number of nitrogens with two attached hydrogens (primary N) is 1. The van der Waals surface area contributed by atoms with Crippen LogP contribution >= 0.6 is 0 Å². The Hall–Kier alpha value is -0.900. The maximum absolute atomic E-state index is 5.68. The maximum atomic E-state index is 5.68. The molecule has 1 aliphatic rings. The lowest BCUT2D eigenvalue weighted by molar-refractivity contribution is 0.00979. The predicted molar refractivity (Wildman–Crippen MR) is 69.7 cm³/mol. The molecule has 0 aromatic heterocycles. The van der Waals surface area contributed by atoms with Gasteiger partial charge in [-0.25, -0.2) is 0 Å². The molecular weight excluding hydrogens is 212 g/mol. The standard InChI is InChI=1S/C14H22N2O/c15-8-11-17-14-6-9-16(10-7-14)12-13-4-2-1-3-5-13/h1-5,14H,6-12,15H2. The Labute approximate surface area is 104 Å². The van der Waals surface area contributed by atoms with E-state index in [1.807, 2.05) is 0 Å². The van der Waals surface area contributed by atoms with Crippen LogP contribution in [-0.2, 0) is 11.3 Å². The van der Waals surface area contributed by atoms with Crippen molar-refractivity contribution < 1.29 is 4.74 Å². The molecule has 3 nitrogen and oxygen atoms in total. The summed E-state index contributed by atoms with van der Waals surface area (Å²) in [5, 5.41) is 0. The van der Waals surface area contributed by atoms with Crippen LogP contribution in [0.1, 0.15) is 18.4 Å². The maximum Gasteiger partial charge on any atom is 0.0600 e. The van der Waals surface area contributed by atoms with Gasteiger partial charge < -0.3 is 10.5 Å². The molecule has 1 aromatic carbocycles. The van der Waals surface area contributed by atoms with E-state index < -0.39 is 0 Å². The average Bonchev–Trinajstić information content (AvgIpc) is 2.39. The monoisotopic (exact) mass is 234 g/mol. The zero-order valence-electron chi connectivity index (χ0n) is 10.3. The van der Waals surface area contributed by atoms with E-state index in [0.29, 0.717) is 19.3 Å². The van der Waals surface area contributed by atoms with Crippen LogP contribution in [0.3, 0.4) is 0 Å². The molecule has 0 amide bonds. The molecule has 1 fully saturated rings. The van der Waals surface area contributed by atoms with Crippen LogP contribution in [0.25, 0.3) is 0 Å². The molecule has 0 saturated carbocycles. The first kappa shape index (κ1) is 12.6. The molecule has 0 spiro atoms. The van der Waals surface area contributed by atoms with Gasteiger partial charge in [-0.2, -0.15) is 0 Å². The summed E-state index contributed by atoms with van der Waals surface area (Å²) in [6.45, 7) is 4.65. The van der Waals surface area contributed by atoms with E-state index in [4.69, 9.17) is 10.5 Å². The highest BCUT2D eigenvalue weighted by Crippen LogP contribution is 2.15. The Morgan fingerprint density at radius 1 is 1.18 bits per heavy atom. The van der Waals surface area contributed by atoms with Crippen molar-refractivity contribution in [3.63, 3.8) is 0 Å². The molecule has 0 unspecified atom stereocenters. The van der Waals surface area contributed by atoms with E-state index in [-0.39, 0.29) is 0 Å². The summed E-state index contributed by atoms with van der Waals surface area (Å²) < 4.78 is 5.68. The van der Waals surface area contributed by atoms with E-state index in [0.717, 1.165) is 32.5 Å². The Morgan fingerprint density at radius 3 is 2.53 bits per heavy atom. The van der Waals surface area contributed by atoms with Crippen molar-refractivity contribution in [1.82, 2.24) is 4.90 Å². The SMILES string of the molecule is NCCOC1CCN(Cc2ccccc2)CC1. The zero-order chi connectivity index (χ0) is 11.9. The van der Waals surface area contributed by atoms with Crippen molar-refractivity contribution in [2.24, 2.45) is 5.73 Å². The summed E-state index contributed by atoms with van der Waals surface area (Å²) >= 11 is 0. The first-order valence-corrected chi connectivity index (χ1v) is 6.46. The Balaban J connectivity index is 1.72. The van der Waals surface area contributed by atoms with Crippen LogP contribution in [-0.4, -0.2) is 37.2 Å². The molecule has 0 aliphatic carbocycles. The van der Waals surface area contributed by atoms with Gasteiger partial charge in [-0.05, 0) is 18.4 Å². The molecule has 1 heterocycles. The molecule has 2 N–H and O–H groups in total. The van der Waals surface area contributed by atoms with E-state index >= 15 is 0 Å². The van der Waals surface area contributed by atoms with Crippen molar-refractivity contribution in [1.29, 1.82) is 0 Å². The van der Waals surface area contributed by atoms with Crippen molar-refractivity contribution in [2.75, 3.05) is 26.2 Å². The first-order valence-electron chi connectivity index (χ1n) is 6.46. The Morgan fingerprint density at radius 2 is 1.88 bits per heavy atom. The largest absolute Gasteiger partial charge is 0.377 e. The number of piperidine rings is 1. The lowest BCUT2D eigenvalue weighted by atomic mass is 10.1. The summed E-state index contributed by atoms with van der Waals surface area (Å²) in [6, 6.07) is 10.7. The van der Waals surface area contributed by atoms with E-state index in [1.165, 1.54) is 5.56 Å². The highest BCUT2D eigenvalue weighted by Gasteiger charge is 2.19. The van der Waals surface area contributed by atoms with Gasteiger partial charge in [-0.1, -0.05) is 30.3 Å². The fourth-order valence-electron chi connectivity index (χ4n) is 2.31. The smallest absolute Gasteiger partial charge is 0.0600 e. The summed E-state index contributed by atoms with van der Waals surface area (Å²) in [4.78, 5) is 2.50. The zero-order valence-corrected chi connectivity index (χ0v) is 10.3. The highest BCUT2D eigenvalue weighted by atomic mass is 16.5. The quantitative estimate of drug-likeness (QED) is 0.841. The molecule has 1 saturated heterocycles. The van der Waals surface area contributed by atoms with E-state index in [2.05, 4.69) is 35.2 Å². The fraction of sp³-hybridized carbons (Fsp3) is 0.571. The number of benzene rings is 1. The molecule has 17 heavy (non-hydrogen) atoms. The van der Waals surface area contributed by atoms with Gasteiger partial charge in [0, 0.05) is 26.2 Å². The predicted octanol–water partition coefficient (Wildman–Crippen LogP) is 1.63. The lowest BCUT2D eigenvalue weighted by Gasteiger charge is -2.31. The van der Waals surface area contributed by atoms with Gasteiger partial charge in [-0.15, -0.1) is 0 Å². The van der Waals surface area contributed by atoms with E-state index in [9.17, 15) is 0 Å². The minimum atomic E-state index is 0.422. The van der Waals surface area contributed by atoms with Gasteiger partial charge in [0.2, 0.25) is 0 Å². The second-order valence-electron chi connectivity index (χ2n) is 4.62.